The summed E-state index contributed by atoms with van der Waals surface area (Å²) in [6.45, 7) is 1.68. The third-order valence-corrected chi connectivity index (χ3v) is 2.40. The van der Waals surface area contributed by atoms with E-state index in [9.17, 15) is 9.59 Å². The van der Waals surface area contributed by atoms with Crippen LogP contribution in [0.4, 0.5) is 4.79 Å². The molecule has 0 aromatic heterocycles. The summed E-state index contributed by atoms with van der Waals surface area (Å²) >= 11 is 0. The van der Waals surface area contributed by atoms with Gasteiger partial charge in [-0.2, -0.15) is 0 Å². The fourth-order valence-electron chi connectivity index (χ4n) is 1.52. The highest BCUT2D eigenvalue weighted by Crippen LogP contribution is 2.23. The monoisotopic (exact) mass is 190 g/mol. The molecule has 1 atom stereocenters. The molecule has 0 bridgehead atoms. The normalized spacial score (nSPS) is 25.8. The van der Waals surface area contributed by atoms with Crippen LogP contribution >= 0.6 is 0 Å². The Kier molecular flexibility index (Phi) is 1.77. The van der Waals surface area contributed by atoms with Gasteiger partial charge in [0, 0.05) is 0 Å². The molecule has 0 saturated carbocycles. The van der Waals surface area contributed by atoms with E-state index in [2.05, 4.69) is 10.6 Å². The van der Waals surface area contributed by atoms with Crippen LogP contribution in [0.2, 0.25) is 0 Å². The number of rotatable bonds is 1. The zero-order valence-electron chi connectivity index (χ0n) is 7.70. The fourth-order valence-corrected chi connectivity index (χ4v) is 1.52. The van der Waals surface area contributed by atoms with E-state index in [-0.39, 0.29) is 5.91 Å². The second kappa shape index (κ2) is 2.83. The van der Waals surface area contributed by atoms with Crippen molar-refractivity contribution < 1.29 is 9.59 Å². The van der Waals surface area contributed by atoms with E-state index in [0.717, 1.165) is 5.56 Å². The fraction of sp³-hybridized carbons (Fsp3) is 0.200. The van der Waals surface area contributed by atoms with E-state index in [1.165, 1.54) is 0 Å². The van der Waals surface area contributed by atoms with Crippen molar-refractivity contribution in [3.8, 4) is 0 Å². The highest BCUT2D eigenvalue weighted by Gasteiger charge is 2.43. The van der Waals surface area contributed by atoms with Crippen LogP contribution in [0.15, 0.2) is 30.3 Å². The summed E-state index contributed by atoms with van der Waals surface area (Å²) in [5, 5.41) is 4.81. The zero-order chi connectivity index (χ0) is 10.2. The van der Waals surface area contributed by atoms with Gasteiger partial charge in [0.25, 0.3) is 5.91 Å². The van der Waals surface area contributed by atoms with Crippen molar-refractivity contribution in [2.75, 3.05) is 0 Å². The number of amides is 3. The minimum absolute atomic E-state index is 0.311. The standard InChI is InChI=1S/C10H10N2O2/c1-10(7-5-3-2-4-6-7)8(13)11-9(14)12-10/h2-6H,1H3,(H2,11,12,13,14)/t10-/m0/s1. The maximum atomic E-state index is 11.5. The van der Waals surface area contributed by atoms with Gasteiger partial charge in [0.15, 0.2) is 0 Å². The summed E-state index contributed by atoms with van der Waals surface area (Å²) in [5.74, 6) is -0.311. The molecule has 72 valence electrons. The molecule has 2 N–H and O–H groups in total. The molecule has 4 nitrogen and oxygen atoms in total. The molecule has 1 aliphatic rings. The quantitative estimate of drug-likeness (QED) is 0.642. The third kappa shape index (κ3) is 1.16. The van der Waals surface area contributed by atoms with E-state index in [1.54, 1.807) is 6.92 Å². The lowest BCUT2D eigenvalue weighted by Gasteiger charge is -2.20. The van der Waals surface area contributed by atoms with Crippen LogP contribution in [0.3, 0.4) is 0 Å². The lowest BCUT2D eigenvalue weighted by Crippen LogP contribution is -2.40. The van der Waals surface area contributed by atoms with Gasteiger partial charge in [-0.1, -0.05) is 30.3 Å². The van der Waals surface area contributed by atoms with Gasteiger partial charge >= 0.3 is 6.03 Å². The van der Waals surface area contributed by atoms with E-state index in [4.69, 9.17) is 0 Å². The first-order valence-electron chi connectivity index (χ1n) is 4.32. The number of imide groups is 1. The Morgan fingerprint density at radius 1 is 1.14 bits per heavy atom. The number of hydrogen-bond acceptors (Lipinski definition) is 2. The summed E-state index contributed by atoms with van der Waals surface area (Å²) in [6.07, 6.45) is 0. The smallest absolute Gasteiger partial charge is 0.320 e. The number of hydrogen-bond donors (Lipinski definition) is 2. The van der Waals surface area contributed by atoms with Gasteiger partial charge in [-0.05, 0) is 12.5 Å². The van der Waals surface area contributed by atoms with Crippen molar-refractivity contribution in [2.45, 2.75) is 12.5 Å². The second-order valence-corrected chi connectivity index (χ2v) is 3.40. The molecule has 1 aliphatic heterocycles. The van der Waals surface area contributed by atoms with Crippen LogP contribution in [-0.4, -0.2) is 11.9 Å². The summed E-state index contributed by atoms with van der Waals surface area (Å²) in [5.41, 5.74) is -0.151. The molecule has 3 amide bonds. The number of benzene rings is 1. The van der Waals surface area contributed by atoms with Crippen molar-refractivity contribution in [1.82, 2.24) is 10.6 Å². The van der Waals surface area contributed by atoms with Gasteiger partial charge in [-0.3, -0.25) is 10.1 Å². The van der Waals surface area contributed by atoms with E-state index in [1.807, 2.05) is 30.3 Å². The maximum Gasteiger partial charge on any atom is 0.322 e. The molecule has 0 spiro atoms. The average Bonchev–Trinajstić information content (AvgIpc) is 2.43. The summed E-state index contributed by atoms with van der Waals surface area (Å²) in [7, 11) is 0. The molecule has 1 aromatic carbocycles. The molecule has 1 saturated heterocycles. The molecule has 0 radical (unpaired) electrons. The van der Waals surface area contributed by atoms with Crippen LogP contribution in [0.25, 0.3) is 0 Å². The summed E-state index contributed by atoms with van der Waals surface area (Å²) in [6, 6.07) is 8.70. The van der Waals surface area contributed by atoms with Crippen molar-refractivity contribution in [1.29, 1.82) is 0 Å². The predicted octanol–water partition coefficient (Wildman–Crippen LogP) is 0.741. The molecule has 1 fully saturated rings. The van der Waals surface area contributed by atoms with E-state index >= 15 is 0 Å². The maximum absolute atomic E-state index is 11.5. The Morgan fingerprint density at radius 2 is 1.79 bits per heavy atom. The minimum Gasteiger partial charge on any atom is -0.320 e. The summed E-state index contributed by atoms with van der Waals surface area (Å²) < 4.78 is 0. The van der Waals surface area contributed by atoms with Crippen LogP contribution in [-0.2, 0) is 10.3 Å². The van der Waals surface area contributed by atoms with Gasteiger partial charge in [-0.25, -0.2) is 4.79 Å². The highest BCUT2D eigenvalue weighted by molar-refractivity contribution is 6.07. The molecule has 0 unspecified atom stereocenters. The summed E-state index contributed by atoms with van der Waals surface area (Å²) in [4.78, 5) is 22.5. The largest absolute Gasteiger partial charge is 0.322 e. The predicted molar refractivity (Wildman–Crippen MR) is 50.5 cm³/mol. The second-order valence-electron chi connectivity index (χ2n) is 3.40. The number of carbonyl (C=O) groups excluding carboxylic acids is 2. The molecular formula is C10H10N2O2. The number of nitrogens with one attached hydrogen (secondary N) is 2. The minimum atomic E-state index is -0.932. The number of urea groups is 1. The first-order valence-corrected chi connectivity index (χ1v) is 4.32. The molecule has 1 aromatic rings. The van der Waals surface area contributed by atoms with Gasteiger partial charge in [0.1, 0.15) is 5.54 Å². The Morgan fingerprint density at radius 3 is 2.29 bits per heavy atom. The Hall–Kier alpha value is -1.84. The van der Waals surface area contributed by atoms with Gasteiger partial charge in [-0.15, -0.1) is 0 Å². The molecule has 2 rings (SSSR count). The molecule has 0 aliphatic carbocycles. The Labute approximate surface area is 81.3 Å². The zero-order valence-corrected chi connectivity index (χ0v) is 7.70. The van der Waals surface area contributed by atoms with Crippen LogP contribution in [0.1, 0.15) is 12.5 Å². The Bertz CT molecular complexity index is 388. The third-order valence-electron chi connectivity index (χ3n) is 2.40. The van der Waals surface area contributed by atoms with Crippen molar-refractivity contribution in [2.24, 2.45) is 0 Å². The van der Waals surface area contributed by atoms with E-state index in [0.29, 0.717) is 0 Å². The number of carbonyl (C=O) groups is 2. The SMILES string of the molecule is C[C@@]1(c2ccccc2)NC(=O)NC1=O. The lowest BCUT2D eigenvalue weighted by molar-refractivity contribution is -0.123. The van der Waals surface area contributed by atoms with E-state index < -0.39 is 11.6 Å². The molecule has 4 heteroatoms. The molecule has 14 heavy (non-hydrogen) atoms. The van der Waals surface area contributed by atoms with Crippen molar-refractivity contribution in [3.63, 3.8) is 0 Å². The van der Waals surface area contributed by atoms with Gasteiger partial charge in [0.05, 0.1) is 0 Å². The topological polar surface area (TPSA) is 58.2 Å². The van der Waals surface area contributed by atoms with Crippen LogP contribution in [0, 0.1) is 0 Å². The van der Waals surface area contributed by atoms with Crippen LogP contribution in [0.5, 0.6) is 0 Å². The van der Waals surface area contributed by atoms with Crippen LogP contribution < -0.4 is 10.6 Å². The van der Waals surface area contributed by atoms with Gasteiger partial charge < -0.3 is 5.32 Å². The highest BCUT2D eigenvalue weighted by atomic mass is 16.2. The first-order chi connectivity index (χ1) is 6.63. The van der Waals surface area contributed by atoms with Gasteiger partial charge in [0.2, 0.25) is 0 Å². The lowest BCUT2D eigenvalue weighted by atomic mass is 9.92. The van der Waals surface area contributed by atoms with Crippen molar-refractivity contribution in [3.05, 3.63) is 35.9 Å². The van der Waals surface area contributed by atoms with Crippen molar-refractivity contribution >= 4 is 11.9 Å². The molecule has 1 heterocycles. The Balaban J connectivity index is 2.43. The first kappa shape index (κ1) is 8.74. The molecular weight excluding hydrogens is 180 g/mol. The average molecular weight is 190 g/mol.